The van der Waals surface area contributed by atoms with Crippen LogP contribution in [0, 0.1) is 0 Å². The second-order valence-corrected chi connectivity index (χ2v) is 6.75. The van der Waals surface area contributed by atoms with Crippen LogP contribution in [-0.4, -0.2) is 34.1 Å². The standard InChI is InChI=1S/C22H21N3O4/c26-21-19(5-1-2-12-23-21)28-17-7-9-18(10-8-17)29-22(27)16-6-11-20(24-15-16)25-13-3-4-14-25/h3-4,6-11,13-15,19H,1-2,5,12H2,(H,23,26). The highest BCUT2D eigenvalue weighted by molar-refractivity contribution is 5.90. The normalized spacial score (nSPS) is 16.6. The molecule has 1 saturated heterocycles. The van der Waals surface area contributed by atoms with E-state index in [0.717, 1.165) is 18.7 Å². The first-order chi connectivity index (χ1) is 14.2. The Labute approximate surface area is 168 Å². The van der Waals surface area contributed by atoms with Gasteiger partial charge in [-0.15, -0.1) is 0 Å². The first kappa shape index (κ1) is 18.7. The number of ether oxygens (including phenoxy) is 2. The van der Waals surface area contributed by atoms with Crippen molar-refractivity contribution < 1.29 is 19.1 Å². The minimum Gasteiger partial charge on any atom is -0.481 e. The summed E-state index contributed by atoms with van der Waals surface area (Å²) in [6.07, 6.45) is 7.34. The molecular weight excluding hydrogens is 370 g/mol. The second kappa shape index (κ2) is 8.60. The number of hydrogen-bond acceptors (Lipinski definition) is 5. The lowest BCUT2D eigenvalue weighted by Crippen LogP contribution is -2.36. The van der Waals surface area contributed by atoms with Gasteiger partial charge in [0, 0.05) is 25.1 Å². The van der Waals surface area contributed by atoms with Gasteiger partial charge >= 0.3 is 5.97 Å². The number of rotatable bonds is 5. The molecule has 2 aromatic heterocycles. The summed E-state index contributed by atoms with van der Waals surface area (Å²) in [4.78, 5) is 28.6. The molecule has 0 spiro atoms. The lowest BCUT2D eigenvalue weighted by atomic mass is 10.2. The maximum absolute atomic E-state index is 12.3. The number of benzene rings is 1. The van der Waals surface area contributed by atoms with Gasteiger partial charge in [-0.1, -0.05) is 0 Å². The van der Waals surface area contributed by atoms with Gasteiger partial charge < -0.3 is 19.4 Å². The van der Waals surface area contributed by atoms with E-state index < -0.39 is 12.1 Å². The molecule has 1 amide bonds. The summed E-state index contributed by atoms with van der Waals surface area (Å²) in [6.45, 7) is 0.689. The lowest BCUT2D eigenvalue weighted by molar-refractivity contribution is -0.127. The Morgan fingerprint density at radius 1 is 1.03 bits per heavy atom. The summed E-state index contributed by atoms with van der Waals surface area (Å²) in [5, 5.41) is 2.84. The minimum atomic E-state index is -0.492. The third-order valence-corrected chi connectivity index (χ3v) is 4.65. The van der Waals surface area contributed by atoms with Crippen LogP contribution in [0.15, 0.2) is 67.1 Å². The molecule has 7 heteroatoms. The van der Waals surface area contributed by atoms with E-state index in [1.54, 1.807) is 36.4 Å². The maximum atomic E-state index is 12.3. The molecule has 0 saturated carbocycles. The van der Waals surface area contributed by atoms with E-state index in [2.05, 4.69) is 10.3 Å². The van der Waals surface area contributed by atoms with Gasteiger partial charge in [-0.2, -0.15) is 0 Å². The van der Waals surface area contributed by atoms with Crippen molar-refractivity contribution in [3.8, 4) is 17.3 Å². The minimum absolute atomic E-state index is 0.0890. The van der Waals surface area contributed by atoms with Crippen LogP contribution in [0.2, 0.25) is 0 Å². The molecule has 1 aliphatic heterocycles. The molecule has 0 bridgehead atoms. The predicted molar refractivity (Wildman–Crippen MR) is 106 cm³/mol. The monoisotopic (exact) mass is 391 g/mol. The maximum Gasteiger partial charge on any atom is 0.345 e. The van der Waals surface area contributed by atoms with E-state index in [0.29, 0.717) is 30.0 Å². The average molecular weight is 391 g/mol. The SMILES string of the molecule is O=C(Oc1ccc(OC2CCCCNC2=O)cc1)c1ccc(-n2cccc2)nc1. The van der Waals surface area contributed by atoms with Gasteiger partial charge in [0.2, 0.25) is 0 Å². The van der Waals surface area contributed by atoms with Crippen molar-refractivity contribution in [3.05, 3.63) is 72.7 Å². The van der Waals surface area contributed by atoms with Crippen molar-refractivity contribution in [2.24, 2.45) is 0 Å². The van der Waals surface area contributed by atoms with Crippen LogP contribution in [0.5, 0.6) is 11.5 Å². The van der Waals surface area contributed by atoms with E-state index in [9.17, 15) is 9.59 Å². The number of nitrogens with one attached hydrogen (secondary N) is 1. The molecule has 1 atom stereocenters. The number of nitrogens with zero attached hydrogens (tertiary/aromatic N) is 2. The van der Waals surface area contributed by atoms with E-state index in [4.69, 9.17) is 9.47 Å². The molecule has 0 radical (unpaired) electrons. The van der Waals surface area contributed by atoms with Crippen molar-refractivity contribution in [3.63, 3.8) is 0 Å². The molecule has 0 aliphatic carbocycles. The first-order valence-corrected chi connectivity index (χ1v) is 9.55. The Balaban J connectivity index is 1.36. The average Bonchev–Trinajstić information content (AvgIpc) is 3.21. The molecule has 1 aromatic carbocycles. The fraction of sp³-hybridized carbons (Fsp3) is 0.227. The van der Waals surface area contributed by atoms with Gasteiger partial charge in [-0.05, 0) is 67.8 Å². The number of pyridine rings is 1. The Hall–Kier alpha value is -3.61. The van der Waals surface area contributed by atoms with Crippen molar-refractivity contribution in [2.75, 3.05) is 6.54 Å². The quantitative estimate of drug-likeness (QED) is 0.534. The highest BCUT2D eigenvalue weighted by Gasteiger charge is 2.22. The third-order valence-electron chi connectivity index (χ3n) is 4.65. The molecule has 3 aromatic rings. The third kappa shape index (κ3) is 4.63. The smallest absolute Gasteiger partial charge is 0.345 e. The Morgan fingerprint density at radius 2 is 1.79 bits per heavy atom. The van der Waals surface area contributed by atoms with E-state index in [1.165, 1.54) is 6.20 Å². The zero-order valence-corrected chi connectivity index (χ0v) is 15.8. The van der Waals surface area contributed by atoms with Gasteiger partial charge in [0.15, 0.2) is 6.10 Å². The fourth-order valence-electron chi connectivity index (χ4n) is 3.09. The zero-order chi connectivity index (χ0) is 20.1. The van der Waals surface area contributed by atoms with Crippen LogP contribution < -0.4 is 14.8 Å². The summed E-state index contributed by atoms with van der Waals surface area (Å²) < 4.78 is 13.0. The topological polar surface area (TPSA) is 82.5 Å². The van der Waals surface area contributed by atoms with Crippen LogP contribution in [-0.2, 0) is 4.79 Å². The Bertz CT molecular complexity index is 966. The van der Waals surface area contributed by atoms with Gasteiger partial charge in [-0.3, -0.25) is 4.79 Å². The fourth-order valence-corrected chi connectivity index (χ4v) is 3.09. The van der Waals surface area contributed by atoms with Crippen LogP contribution in [0.25, 0.3) is 5.82 Å². The zero-order valence-electron chi connectivity index (χ0n) is 15.8. The van der Waals surface area contributed by atoms with Gasteiger partial charge in [0.1, 0.15) is 17.3 Å². The van der Waals surface area contributed by atoms with Crippen molar-refractivity contribution in [2.45, 2.75) is 25.4 Å². The summed E-state index contributed by atoms with van der Waals surface area (Å²) >= 11 is 0. The van der Waals surface area contributed by atoms with Gasteiger partial charge in [-0.25, -0.2) is 9.78 Å². The molecule has 29 heavy (non-hydrogen) atoms. The number of amides is 1. The molecule has 1 N–H and O–H groups in total. The lowest BCUT2D eigenvalue weighted by Gasteiger charge is -2.16. The number of esters is 1. The van der Waals surface area contributed by atoms with Crippen molar-refractivity contribution >= 4 is 11.9 Å². The number of carbonyl (C=O) groups excluding carboxylic acids is 2. The largest absolute Gasteiger partial charge is 0.481 e. The summed E-state index contributed by atoms with van der Waals surface area (Å²) in [5.41, 5.74) is 0.358. The van der Waals surface area contributed by atoms with Crippen LogP contribution in [0.3, 0.4) is 0 Å². The Kier molecular flexibility index (Phi) is 5.56. The molecule has 4 rings (SSSR count). The first-order valence-electron chi connectivity index (χ1n) is 9.55. The molecule has 1 unspecified atom stereocenters. The van der Waals surface area contributed by atoms with Crippen LogP contribution in [0.4, 0.5) is 0 Å². The molecule has 148 valence electrons. The van der Waals surface area contributed by atoms with Crippen LogP contribution >= 0.6 is 0 Å². The number of hydrogen-bond donors (Lipinski definition) is 1. The summed E-state index contributed by atoms with van der Waals surface area (Å²) in [6, 6.07) is 13.9. The predicted octanol–water partition coefficient (Wildman–Crippen LogP) is 3.14. The van der Waals surface area contributed by atoms with E-state index in [-0.39, 0.29) is 5.91 Å². The highest BCUT2D eigenvalue weighted by atomic mass is 16.5. The van der Waals surface area contributed by atoms with Gasteiger partial charge in [0.05, 0.1) is 5.56 Å². The van der Waals surface area contributed by atoms with E-state index in [1.807, 2.05) is 29.1 Å². The number of carbonyl (C=O) groups is 2. The molecule has 3 heterocycles. The molecular formula is C22H21N3O4. The van der Waals surface area contributed by atoms with Crippen molar-refractivity contribution in [1.29, 1.82) is 0 Å². The second-order valence-electron chi connectivity index (χ2n) is 6.75. The number of aromatic nitrogens is 2. The molecule has 1 fully saturated rings. The van der Waals surface area contributed by atoms with Crippen molar-refractivity contribution in [1.82, 2.24) is 14.9 Å². The van der Waals surface area contributed by atoms with Gasteiger partial charge in [0.25, 0.3) is 5.91 Å². The summed E-state index contributed by atoms with van der Waals surface area (Å²) in [5.74, 6) is 1.09. The van der Waals surface area contributed by atoms with Crippen LogP contribution in [0.1, 0.15) is 29.6 Å². The highest BCUT2D eigenvalue weighted by Crippen LogP contribution is 2.21. The molecule has 7 nitrogen and oxygen atoms in total. The van der Waals surface area contributed by atoms with E-state index >= 15 is 0 Å². The Morgan fingerprint density at radius 3 is 2.52 bits per heavy atom. The summed E-state index contributed by atoms with van der Waals surface area (Å²) in [7, 11) is 0. The molecule has 1 aliphatic rings.